The van der Waals surface area contributed by atoms with E-state index in [9.17, 15) is 9.59 Å². The molecule has 2 aromatic carbocycles. The van der Waals surface area contributed by atoms with Gasteiger partial charge in [0.1, 0.15) is 0 Å². The molecule has 144 valence electrons. The summed E-state index contributed by atoms with van der Waals surface area (Å²) in [5.41, 5.74) is 1.33. The van der Waals surface area contributed by atoms with Gasteiger partial charge in [0.15, 0.2) is 17.2 Å². The Morgan fingerprint density at radius 3 is 2.15 bits per heavy atom. The Hall–Kier alpha value is -2.44. The first-order valence-corrected chi connectivity index (χ1v) is 8.76. The summed E-state index contributed by atoms with van der Waals surface area (Å²) in [4.78, 5) is 22.8. The molecule has 0 radical (unpaired) electrons. The number of ether oxygens (including phenoxy) is 3. The third-order valence-corrected chi connectivity index (χ3v) is 4.25. The lowest BCUT2D eigenvalue weighted by atomic mass is 10.0. The second-order valence-electron chi connectivity index (χ2n) is 5.88. The summed E-state index contributed by atoms with van der Waals surface area (Å²) in [5.74, 6) is -0.460. The van der Waals surface area contributed by atoms with E-state index < -0.39 is 11.9 Å². The number of hydrogen-bond acceptors (Lipinski definition) is 5. The third-order valence-electron chi connectivity index (χ3n) is 3.69. The van der Waals surface area contributed by atoms with E-state index in [0.29, 0.717) is 17.4 Å². The zero-order chi connectivity index (χ0) is 20.1. The average molecular weight is 412 g/mol. The van der Waals surface area contributed by atoms with Crippen molar-refractivity contribution in [1.82, 2.24) is 0 Å². The van der Waals surface area contributed by atoms with Gasteiger partial charge in [-0.3, -0.25) is 4.79 Å². The molecule has 1 amide bonds. The molecule has 0 bridgehead atoms. The Balaban J connectivity index is 2.30. The highest BCUT2D eigenvalue weighted by molar-refractivity contribution is 6.39. The number of amides is 1. The first kappa shape index (κ1) is 20.9. The molecule has 0 aliphatic heterocycles. The van der Waals surface area contributed by atoms with Gasteiger partial charge in [-0.15, -0.1) is 0 Å². The largest absolute Gasteiger partial charge is 0.493 e. The second-order valence-corrected chi connectivity index (χ2v) is 6.70. The molecule has 0 unspecified atom stereocenters. The molecule has 8 heteroatoms. The van der Waals surface area contributed by atoms with Crippen molar-refractivity contribution in [2.75, 3.05) is 19.5 Å². The van der Waals surface area contributed by atoms with Crippen LogP contribution in [0, 0.1) is 0 Å². The number of esters is 1. The standard InChI is InChI=1S/C19H19Cl2NO5/c1-10(2)11-5-6-15(16(7-11)25-3)27-17-13(20)8-12(9-14(17)21)22-18(23)19(24)26-4/h5-10H,1-4H3,(H,22,23). The van der Waals surface area contributed by atoms with Crippen LogP contribution in [0.3, 0.4) is 0 Å². The van der Waals surface area contributed by atoms with Crippen LogP contribution in [0.2, 0.25) is 10.0 Å². The molecule has 0 spiro atoms. The SMILES string of the molecule is COC(=O)C(=O)Nc1cc(Cl)c(Oc2ccc(C(C)C)cc2OC)c(Cl)c1. The zero-order valence-corrected chi connectivity index (χ0v) is 16.8. The van der Waals surface area contributed by atoms with Crippen molar-refractivity contribution in [3.05, 3.63) is 45.9 Å². The lowest BCUT2D eigenvalue weighted by molar-refractivity contribution is -0.150. The molecular weight excluding hydrogens is 393 g/mol. The number of hydrogen-bond donors (Lipinski definition) is 1. The van der Waals surface area contributed by atoms with Crippen LogP contribution in [-0.2, 0) is 14.3 Å². The van der Waals surface area contributed by atoms with E-state index in [1.165, 1.54) is 12.1 Å². The van der Waals surface area contributed by atoms with Gasteiger partial charge in [0.05, 0.1) is 24.3 Å². The second kappa shape index (κ2) is 8.97. The van der Waals surface area contributed by atoms with Gasteiger partial charge >= 0.3 is 11.9 Å². The quantitative estimate of drug-likeness (QED) is 0.551. The molecule has 2 rings (SSSR count). The van der Waals surface area contributed by atoms with Crippen molar-refractivity contribution >= 4 is 40.8 Å². The molecule has 1 N–H and O–H groups in total. The fourth-order valence-electron chi connectivity index (χ4n) is 2.24. The monoisotopic (exact) mass is 411 g/mol. The normalized spacial score (nSPS) is 10.5. The fraction of sp³-hybridized carbons (Fsp3) is 0.263. The molecule has 6 nitrogen and oxygen atoms in total. The first-order chi connectivity index (χ1) is 12.8. The van der Waals surface area contributed by atoms with Crippen molar-refractivity contribution in [3.63, 3.8) is 0 Å². The van der Waals surface area contributed by atoms with Crippen LogP contribution in [0.1, 0.15) is 25.3 Å². The fourth-order valence-corrected chi connectivity index (χ4v) is 2.81. The third kappa shape index (κ3) is 5.05. The number of methoxy groups -OCH3 is 2. The lowest BCUT2D eigenvalue weighted by Gasteiger charge is -2.16. The molecule has 0 fully saturated rings. The van der Waals surface area contributed by atoms with E-state index in [1.807, 2.05) is 12.1 Å². The number of nitrogens with one attached hydrogen (secondary N) is 1. The van der Waals surface area contributed by atoms with Crippen LogP contribution in [0.4, 0.5) is 5.69 Å². The Morgan fingerprint density at radius 1 is 1.00 bits per heavy atom. The molecule has 2 aromatic rings. The summed E-state index contributed by atoms with van der Waals surface area (Å²) >= 11 is 12.5. The number of halogens is 2. The van der Waals surface area contributed by atoms with Gasteiger partial charge in [0.25, 0.3) is 0 Å². The van der Waals surface area contributed by atoms with E-state index in [1.54, 1.807) is 13.2 Å². The van der Waals surface area contributed by atoms with Crippen molar-refractivity contribution in [2.45, 2.75) is 19.8 Å². The van der Waals surface area contributed by atoms with E-state index >= 15 is 0 Å². The van der Waals surface area contributed by atoms with Gasteiger partial charge < -0.3 is 19.5 Å². The number of rotatable bonds is 5. The Morgan fingerprint density at radius 2 is 1.63 bits per heavy atom. The number of benzene rings is 2. The molecule has 0 aliphatic carbocycles. The number of carbonyl (C=O) groups is 2. The molecule has 0 saturated heterocycles. The minimum atomic E-state index is -1.03. The zero-order valence-electron chi connectivity index (χ0n) is 15.3. The molecule has 0 atom stereocenters. The maximum absolute atomic E-state index is 11.6. The summed E-state index contributed by atoms with van der Waals surface area (Å²) < 4.78 is 15.6. The van der Waals surface area contributed by atoms with Crippen LogP contribution in [0.15, 0.2) is 30.3 Å². The maximum atomic E-state index is 11.6. The van der Waals surface area contributed by atoms with Crippen molar-refractivity contribution in [2.24, 2.45) is 0 Å². The van der Waals surface area contributed by atoms with Gasteiger partial charge in [-0.05, 0) is 35.7 Å². The summed E-state index contributed by atoms with van der Waals surface area (Å²) in [6.45, 7) is 4.15. The predicted molar refractivity (Wildman–Crippen MR) is 104 cm³/mol. The highest BCUT2D eigenvalue weighted by atomic mass is 35.5. The van der Waals surface area contributed by atoms with Crippen LogP contribution in [0.5, 0.6) is 17.2 Å². The van der Waals surface area contributed by atoms with Crippen molar-refractivity contribution < 1.29 is 23.8 Å². The molecule has 0 saturated carbocycles. The first-order valence-electron chi connectivity index (χ1n) is 8.01. The van der Waals surface area contributed by atoms with Gasteiger partial charge in [0.2, 0.25) is 0 Å². The highest BCUT2D eigenvalue weighted by Crippen LogP contribution is 2.42. The van der Waals surface area contributed by atoms with Gasteiger partial charge in [-0.1, -0.05) is 43.1 Å². The van der Waals surface area contributed by atoms with E-state index in [2.05, 4.69) is 23.9 Å². The minimum absolute atomic E-state index is 0.151. The van der Waals surface area contributed by atoms with Crippen molar-refractivity contribution in [3.8, 4) is 17.2 Å². The summed E-state index contributed by atoms with van der Waals surface area (Å²) in [5, 5.41) is 2.65. The van der Waals surface area contributed by atoms with Gasteiger partial charge in [-0.2, -0.15) is 0 Å². The highest BCUT2D eigenvalue weighted by Gasteiger charge is 2.18. The molecule has 0 aliphatic rings. The number of anilines is 1. The van der Waals surface area contributed by atoms with E-state index in [4.69, 9.17) is 32.7 Å². The van der Waals surface area contributed by atoms with Crippen LogP contribution >= 0.6 is 23.2 Å². The van der Waals surface area contributed by atoms with Crippen LogP contribution in [0.25, 0.3) is 0 Å². The predicted octanol–water partition coefficient (Wildman–Crippen LogP) is 5.03. The average Bonchev–Trinajstić information content (AvgIpc) is 2.63. The Labute approximate surface area is 167 Å². The smallest absolute Gasteiger partial charge is 0.396 e. The maximum Gasteiger partial charge on any atom is 0.396 e. The van der Waals surface area contributed by atoms with Gasteiger partial charge in [-0.25, -0.2) is 4.79 Å². The summed E-state index contributed by atoms with van der Waals surface area (Å²) in [6.07, 6.45) is 0. The molecular formula is C19H19Cl2NO5. The summed E-state index contributed by atoms with van der Waals surface area (Å²) in [6, 6.07) is 8.41. The lowest BCUT2D eigenvalue weighted by Crippen LogP contribution is -2.23. The molecule has 0 heterocycles. The number of carbonyl (C=O) groups excluding carboxylic acids is 2. The molecule has 0 aromatic heterocycles. The molecule has 27 heavy (non-hydrogen) atoms. The van der Waals surface area contributed by atoms with E-state index in [0.717, 1.165) is 12.7 Å². The van der Waals surface area contributed by atoms with Crippen LogP contribution in [-0.4, -0.2) is 26.1 Å². The van der Waals surface area contributed by atoms with Crippen LogP contribution < -0.4 is 14.8 Å². The van der Waals surface area contributed by atoms with Crippen molar-refractivity contribution in [1.29, 1.82) is 0 Å². The minimum Gasteiger partial charge on any atom is -0.493 e. The Bertz CT molecular complexity index is 844. The summed E-state index contributed by atoms with van der Waals surface area (Å²) in [7, 11) is 2.65. The van der Waals surface area contributed by atoms with E-state index in [-0.39, 0.29) is 21.5 Å². The van der Waals surface area contributed by atoms with Gasteiger partial charge in [0, 0.05) is 5.69 Å². The Kier molecular flexibility index (Phi) is 6.93. The topological polar surface area (TPSA) is 73.9 Å².